The van der Waals surface area contributed by atoms with Gasteiger partial charge in [-0.05, 0) is 17.3 Å². The van der Waals surface area contributed by atoms with Crippen LogP contribution in [0.5, 0.6) is 0 Å². The molecule has 0 saturated carbocycles. The molecule has 0 fully saturated rings. The van der Waals surface area contributed by atoms with Crippen LogP contribution in [0, 0.1) is 10.8 Å². The fraction of sp³-hybridized carbons (Fsp3) is 0.929. The summed E-state index contributed by atoms with van der Waals surface area (Å²) in [6.07, 6.45) is 1.61. The van der Waals surface area contributed by atoms with E-state index in [-0.39, 0.29) is 16.7 Å². The Bertz CT molecular complexity index is 244. The second kappa shape index (κ2) is 7.74. The van der Waals surface area contributed by atoms with Crippen molar-refractivity contribution in [2.45, 2.75) is 47.5 Å². The quantitative estimate of drug-likeness (QED) is 0.577. The zero-order valence-corrected chi connectivity index (χ0v) is 12.7. The molecule has 0 unspecified atom stereocenters. The minimum absolute atomic E-state index is 0.113. The highest BCUT2D eigenvalue weighted by atomic mass is 16.1. The van der Waals surface area contributed by atoms with Crippen LogP contribution in [0.3, 0.4) is 0 Å². The molecule has 4 heteroatoms. The molecule has 0 aliphatic carbocycles. The third-order valence-corrected chi connectivity index (χ3v) is 2.62. The molecule has 0 spiro atoms. The molecule has 4 N–H and O–H groups in total. The van der Waals surface area contributed by atoms with Crippen molar-refractivity contribution in [2.24, 2.45) is 16.6 Å². The van der Waals surface area contributed by atoms with Crippen LogP contribution in [-0.2, 0) is 4.79 Å². The fourth-order valence-corrected chi connectivity index (χ4v) is 2.35. The van der Waals surface area contributed by atoms with Crippen LogP contribution in [-0.4, -0.2) is 32.1 Å². The normalized spacial score (nSPS) is 12.6. The van der Waals surface area contributed by atoms with E-state index in [1.54, 1.807) is 0 Å². The maximum atomic E-state index is 11.6. The average Bonchev–Trinajstić information content (AvgIpc) is 2.18. The van der Waals surface area contributed by atoms with Crippen molar-refractivity contribution in [1.29, 1.82) is 0 Å². The first-order chi connectivity index (χ1) is 8.16. The molecular formula is C14H31N3O. The molecule has 0 aliphatic rings. The lowest BCUT2D eigenvalue weighted by molar-refractivity contribution is -0.121. The van der Waals surface area contributed by atoms with Gasteiger partial charge in [-0.1, -0.05) is 34.6 Å². The number of nitrogens with two attached hydrogens (primary N) is 1. The van der Waals surface area contributed by atoms with E-state index in [1.165, 1.54) is 0 Å². The third kappa shape index (κ3) is 10.5. The summed E-state index contributed by atoms with van der Waals surface area (Å²) in [5, 5.41) is 6.13. The lowest BCUT2D eigenvalue weighted by atomic mass is 9.76. The lowest BCUT2D eigenvalue weighted by Crippen LogP contribution is -2.37. The number of nitrogens with one attached hydrogen (secondary N) is 2. The summed E-state index contributed by atoms with van der Waals surface area (Å²) in [6, 6.07) is 0. The number of rotatable bonds is 8. The molecule has 0 rings (SSSR count). The number of hydrogen-bond donors (Lipinski definition) is 3. The summed E-state index contributed by atoms with van der Waals surface area (Å²) >= 11 is 0. The van der Waals surface area contributed by atoms with Crippen molar-refractivity contribution in [3.8, 4) is 0 Å². The lowest BCUT2D eigenvalue weighted by Gasteiger charge is -2.32. The topological polar surface area (TPSA) is 67.2 Å². The Morgan fingerprint density at radius 1 is 1.11 bits per heavy atom. The van der Waals surface area contributed by atoms with E-state index in [2.05, 4.69) is 45.3 Å². The van der Waals surface area contributed by atoms with Gasteiger partial charge in [0.1, 0.15) is 0 Å². The van der Waals surface area contributed by atoms with Gasteiger partial charge in [-0.3, -0.25) is 4.79 Å². The highest BCUT2D eigenvalue weighted by Crippen LogP contribution is 2.32. The minimum Gasteiger partial charge on any atom is -0.356 e. The van der Waals surface area contributed by atoms with Crippen LogP contribution in [0.15, 0.2) is 0 Å². The number of carbonyl (C=O) groups excluding carboxylic acids is 1. The highest BCUT2D eigenvalue weighted by molar-refractivity contribution is 5.76. The summed E-state index contributed by atoms with van der Waals surface area (Å²) in [5.74, 6) is 0.113. The Kier molecular flexibility index (Phi) is 7.48. The SMILES string of the molecule is CC(C)(C)CC(C)(C)CNC(=O)CCNCCN. The second-order valence-corrected chi connectivity index (χ2v) is 6.97. The zero-order valence-electron chi connectivity index (χ0n) is 12.7. The Labute approximate surface area is 112 Å². The van der Waals surface area contributed by atoms with E-state index in [0.29, 0.717) is 19.5 Å². The molecule has 108 valence electrons. The Balaban J connectivity index is 3.83. The zero-order chi connectivity index (χ0) is 14.2. The van der Waals surface area contributed by atoms with Crippen LogP contribution in [0.25, 0.3) is 0 Å². The Morgan fingerprint density at radius 3 is 2.22 bits per heavy atom. The van der Waals surface area contributed by atoms with Gasteiger partial charge in [0.25, 0.3) is 0 Å². The predicted molar refractivity (Wildman–Crippen MR) is 77.4 cm³/mol. The van der Waals surface area contributed by atoms with Gasteiger partial charge >= 0.3 is 0 Å². The molecule has 18 heavy (non-hydrogen) atoms. The molecule has 0 aromatic rings. The van der Waals surface area contributed by atoms with E-state index in [9.17, 15) is 4.79 Å². The van der Waals surface area contributed by atoms with Crippen molar-refractivity contribution in [3.63, 3.8) is 0 Å². The van der Waals surface area contributed by atoms with Crippen LogP contribution in [0.1, 0.15) is 47.5 Å². The summed E-state index contributed by atoms with van der Waals surface area (Å²) in [7, 11) is 0. The first kappa shape index (κ1) is 17.4. The van der Waals surface area contributed by atoms with Gasteiger partial charge in [-0.2, -0.15) is 0 Å². The van der Waals surface area contributed by atoms with Crippen molar-refractivity contribution in [3.05, 3.63) is 0 Å². The average molecular weight is 257 g/mol. The minimum atomic E-state index is 0.113. The molecule has 0 aromatic heterocycles. The maximum absolute atomic E-state index is 11.6. The van der Waals surface area contributed by atoms with Crippen LogP contribution < -0.4 is 16.4 Å². The second-order valence-electron chi connectivity index (χ2n) is 6.97. The van der Waals surface area contributed by atoms with E-state index in [4.69, 9.17) is 5.73 Å². The van der Waals surface area contributed by atoms with Crippen molar-refractivity contribution in [1.82, 2.24) is 10.6 Å². The predicted octanol–water partition coefficient (Wildman–Crippen LogP) is 1.50. The van der Waals surface area contributed by atoms with Gasteiger partial charge < -0.3 is 16.4 Å². The standard InChI is InChI=1S/C14H31N3O/c1-13(2,3)10-14(4,5)11-17-12(18)6-8-16-9-7-15/h16H,6-11,15H2,1-5H3,(H,17,18). The summed E-state index contributed by atoms with van der Waals surface area (Å²) in [5.41, 5.74) is 5.78. The Morgan fingerprint density at radius 2 is 1.72 bits per heavy atom. The number of amides is 1. The van der Waals surface area contributed by atoms with Gasteiger partial charge in [-0.15, -0.1) is 0 Å². The number of carbonyl (C=O) groups is 1. The van der Waals surface area contributed by atoms with Crippen LogP contribution >= 0.6 is 0 Å². The highest BCUT2D eigenvalue weighted by Gasteiger charge is 2.25. The van der Waals surface area contributed by atoms with Crippen LogP contribution in [0.4, 0.5) is 0 Å². The maximum Gasteiger partial charge on any atom is 0.221 e. The van der Waals surface area contributed by atoms with E-state index < -0.39 is 0 Å². The van der Waals surface area contributed by atoms with Gasteiger partial charge in [0.15, 0.2) is 0 Å². The Hall–Kier alpha value is -0.610. The summed E-state index contributed by atoms with van der Waals surface area (Å²) < 4.78 is 0. The molecule has 0 atom stereocenters. The van der Waals surface area contributed by atoms with E-state index >= 15 is 0 Å². The molecule has 0 aliphatic heterocycles. The largest absolute Gasteiger partial charge is 0.356 e. The third-order valence-electron chi connectivity index (χ3n) is 2.62. The van der Waals surface area contributed by atoms with Gasteiger partial charge in [-0.25, -0.2) is 0 Å². The van der Waals surface area contributed by atoms with Gasteiger partial charge in [0.05, 0.1) is 0 Å². The fourth-order valence-electron chi connectivity index (χ4n) is 2.35. The molecule has 0 aromatic carbocycles. The van der Waals surface area contributed by atoms with E-state index in [0.717, 1.165) is 19.5 Å². The molecule has 0 bridgehead atoms. The molecular weight excluding hydrogens is 226 g/mol. The molecule has 0 heterocycles. The van der Waals surface area contributed by atoms with Crippen molar-refractivity contribution < 1.29 is 4.79 Å². The summed E-state index contributed by atoms with van der Waals surface area (Å²) in [6.45, 7) is 13.9. The molecule has 0 radical (unpaired) electrons. The van der Waals surface area contributed by atoms with Gasteiger partial charge in [0.2, 0.25) is 5.91 Å². The molecule has 0 saturated heterocycles. The summed E-state index contributed by atoms with van der Waals surface area (Å²) in [4.78, 5) is 11.6. The first-order valence-electron chi connectivity index (χ1n) is 6.84. The van der Waals surface area contributed by atoms with Gasteiger partial charge in [0, 0.05) is 32.6 Å². The van der Waals surface area contributed by atoms with Crippen LogP contribution in [0.2, 0.25) is 0 Å². The smallest absolute Gasteiger partial charge is 0.221 e. The molecule has 1 amide bonds. The first-order valence-corrected chi connectivity index (χ1v) is 6.84. The van der Waals surface area contributed by atoms with Crippen molar-refractivity contribution >= 4 is 5.91 Å². The monoisotopic (exact) mass is 257 g/mol. The number of hydrogen-bond acceptors (Lipinski definition) is 3. The molecule has 4 nitrogen and oxygen atoms in total. The van der Waals surface area contributed by atoms with Crippen molar-refractivity contribution in [2.75, 3.05) is 26.2 Å². The van der Waals surface area contributed by atoms with E-state index in [1.807, 2.05) is 0 Å².